The first kappa shape index (κ1) is 12.8. The predicted octanol–water partition coefficient (Wildman–Crippen LogP) is 2.49. The number of nitro benzene ring substituents is 1. The normalized spacial score (nSPS) is 10.2. The molecule has 1 N–H and O–H groups in total. The maximum Gasteiger partial charge on any atom is 0.293 e. The fourth-order valence-corrected chi connectivity index (χ4v) is 1.78. The molecule has 0 radical (unpaired) electrons. The Morgan fingerprint density at radius 3 is 2.68 bits per heavy atom. The maximum atomic E-state index is 12.0. The van der Waals surface area contributed by atoms with Gasteiger partial charge in [0, 0.05) is 19.3 Å². The Balaban J connectivity index is 2.32. The van der Waals surface area contributed by atoms with Crippen LogP contribution in [0.3, 0.4) is 0 Å². The van der Waals surface area contributed by atoms with Crippen LogP contribution in [-0.4, -0.2) is 15.4 Å². The molecule has 0 spiro atoms. The van der Waals surface area contributed by atoms with E-state index in [0.717, 1.165) is 5.56 Å². The molecule has 1 heterocycles. The van der Waals surface area contributed by atoms with Gasteiger partial charge in [0.25, 0.3) is 11.6 Å². The minimum absolute atomic E-state index is 0.109. The molecule has 0 aliphatic carbocycles. The first-order valence-corrected chi connectivity index (χ1v) is 5.67. The van der Waals surface area contributed by atoms with Crippen LogP contribution < -0.4 is 5.32 Å². The van der Waals surface area contributed by atoms with E-state index >= 15 is 0 Å². The van der Waals surface area contributed by atoms with Gasteiger partial charge in [-0.1, -0.05) is 6.07 Å². The summed E-state index contributed by atoms with van der Waals surface area (Å²) in [5.41, 5.74) is 1.29. The van der Waals surface area contributed by atoms with Crippen molar-refractivity contribution in [3.63, 3.8) is 0 Å². The highest BCUT2D eigenvalue weighted by molar-refractivity contribution is 6.04. The predicted molar refractivity (Wildman–Crippen MR) is 71.2 cm³/mol. The molecule has 1 amide bonds. The van der Waals surface area contributed by atoms with Crippen LogP contribution in [0.1, 0.15) is 16.1 Å². The number of benzene rings is 1. The number of amides is 1. The first-order chi connectivity index (χ1) is 8.99. The molecular weight excluding hydrogens is 246 g/mol. The lowest BCUT2D eigenvalue weighted by atomic mass is 10.2. The van der Waals surface area contributed by atoms with Gasteiger partial charge in [-0.25, -0.2) is 0 Å². The molecule has 2 aromatic rings. The molecule has 0 unspecified atom stereocenters. The number of aromatic nitrogens is 1. The highest BCUT2D eigenvalue weighted by atomic mass is 16.6. The SMILES string of the molecule is Cc1ccc(NC(=O)c2cccn2C)c([N+](=O)[O-])c1. The summed E-state index contributed by atoms with van der Waals surface area (Å²) in [6, 6.07) is 8.07. The van der Waals surface area contributed by atoms with Crippen LogP contribution in [0.2, 0.25) is 0 Å². The molecular formula is C13H13N3O3. The van der Waals surface area contributed by atoms with E-state index in [9.17, 15) is 14.9 Å². The van der Waals surface area contributed by atoms with Gasteiger partial charge < -0.3 is 9.88 Å². The summed E-state index contributed by atoms with van der Waals surface area (Å²) >= 11 is 0. The van der Waals surface area contributed by atoms with Crippen molar-refractivity contribution in [1.82, 2.24) is 4.57 Å². The molecule has 6 nitrogen and oxygen atoms in total. The van der Waals surface area contributed by atoms with Crippen molar-refractivity contribution < 1.29 is 9.72 Å². The number of nitro groups is 1. The van der Waals surface area contributed by atoms with Crippen LogP contribution in [0.25, 0.3) is 0 Å². The molecule has 0 saturated carbocycles. The number of carbonyl (C=O) groups is 1. The summed E-state index contributed by atoms with van der Waals surface area (Å²) in [5, 5.41) is 13.5. The van der Waals surface area contributed by atoms with Crippen LogP contribution >= 0.6 is 0 Å². The monoisotopic (exact) mass is 259 g/mol. The molecule has 0 fully saturated rings. The summed E-state index contributed by atoms with van der Waals surface area (Å²) in [7, 11) is 1.73. The molecule has 2 rings (SSSR count). The summed E-state index contributed by atoms with van der Waals surface area (Å²) in [6.07, 6.45) is 1.73. The van der Waals surface area contributed by atoms with E-state index in [1.807, 2.05) is 0 Å². The average molecular weight is 259 g/mol. The second-order valence-corrected chi connectivity index (χ2v) is 4.24. The molecule has 0 bridgehead atoms. The molecule has 98 valence electrons. The number of carbonyl (C=O) groups excluding carboxylic acids is 1. The minimum atomic E-state index is -0.506. The summed E-state index contributed by atoms with van der Waals surface area (Å²) < 4.78 is 1.65. The van der Waals surface area contributed by atoms with Gasteiger partial charge in [0.1, 0.15) is 11.4 Å². The highest BCUT2D eigenvalue weighted by Gasteiger charge is 2.17. The molecule has 0 aliphatic heterocycles. The van der Waals surface area contributed by atoms with Crippen molar-refractivity contribution >= 4 is 17.3 Å². The second-order valence-electron chi connectivity index (χ2n) is 4.24. The smallest absolute Gasteiger partial charge is 0.293 e. The van der Waals surface area contributed by atoms with E-state index in [-0.39, 0.29) is 17.3 Å². The van der Waals surface area contributed by atoms with Gasteiger partial charge >= 0.3 is 0 Å². The number of aryl methyl sites for hydroxylation is 2. The Morgan fingerprint density at radius 1 is 1.37 bits per heavy atom. The number of nitrogens with zero attached hydrogens (tertiary/aromatic N) is 2. The van der Waals surface area contributed by atoms with E-state index < -0.39 is 4.92 Å². The zero-order chi connectivity index (χ0) is 14.0. The van der Waals surface area contributed by atoms with Crippen molar-refractivity contribution in [2.45, 2.75) is 6.92 Å². The standard InChI is InChI=1S/C13H13N3O3/c1-9-5-6-10(12(8-9)16(18)19)14-13(17)11-4-3-7-15(11)2/h3-8H,1-2H3,(H,14,17). The molecule has 6 heteroatoms. The fourth-order valence-electron chi connectivity index (χ4n) is 1.78. The van der Waals surface area contributed by atoms with Crippen molar-refractivity contribution in [2.24, 2.45) is 7.05 Å². The molecule has 0 saturated heterocycles. The average Bonchev–Trinajstić information content (AvgIpc) is 2.77. The first-order valence-electron chi connectivity index (χ1n) is 5.67. The van der Waals surface area contributed by atoms with Gasteiger partial charge in [0.05, 0.1) is 4.92 Å². The number of nitrogens with one attached hydrogen (secondary N) is 1. The largest absolute Gasteiger partial charge is 0.347 e. The van der Waals surface area contributed by atoms with Crippen molar-refractivity contribution in [3.8, 4) is 0 Å². The molecule has 1 aromatic carbocycles. The van der Waals surface area contributed by atoms with E-state index in [1.54, 1.807) is 42.9 Å². The van der Waals surface area contributed by atoms with Crippen LogP contribution in [-0.2, 0) is 7.05 Å². The third kappa shape index (κ3) is 2.62. The highest BCUT2D eigenvalue weighted by Crippen LogP contribution is 2.25. The van der Waals surface area contributed by atoms with E-state index in [1.165, 1.54) is 12.1 Å². The number of hydrogen-bond acceptors (Lipinski definition) is 3. The Morgan fingerprint density at radius 2 is 2.11 bits per heavy atom. The van der Waals surface area contributed by atoms with Gasteiger partial charge in [-0.2, -0.15) is 0 Å². The number of anilines is 1. The van der Waals surface area contributed by atoms with Crippen molar-refractivity contribution in [2.75, 3.05) is 5.32 Å². The molecule has 0 atom stereocenters. The third-order valence-corrected chi connectivity index (χ3v) is 2.77. The lowest BCUT2D eigenvalue weighted by Gasteiger charge is -2.07. The van der Waals surface area contributed by atoms with E-state index in [0.29, 0.717) is 5.69 Å². The van der Waals surface area contributed by atoms with Crippen LogP contribution in [0.4, 0.5) is 11.4 Å². The molecule has 19 heavy (non-hydrogen) atoms. The maximum absolute atomic E-state index is 12.0. The zero-order valence-corrected chi connectivity index (χ0v) is 10.6. The summed E-state index contributed by atoms with van der Waals surface area (Å²) in [5.74, 6) is -0.376. The lowest BCUT2D eigenvalue weighted by Crippen LogP contribution is -2.16. The minimum Gasteiger partial charge on any atom is -0.347 e. The van der Waals surface area contributed by atoms with Gasteiger partial charge in [0.2, 0.25) is 0 Å². The van der Waals surface area contributed by atoms with E-state index in [4.69, 9.17) is 0 Å². The fraction of sp³-hybridized carbons (Fsp3) is 0.154. The zero-order valence-electron chi connectivity index (χ0n) is 10.6. The second kappa shape index (κ2) is 4.93. The Kier molecular flexibility index (Phi) is 3.33. The summed E-state index contributed by atoms with van der Waals surface area (Å²) in [4.78, 5) is 22.5. The van der Waals surface area contributed by atoms with Gasteiger partial charge in [-0.05, 0) is 30.7 Å². The van der Waals surface area contributed by atoms with Gasteiger partial charge in [0.15, 0.2) is 0 Å². The molecule has 0 aliphatic rings. The quantitative estimate of drug-likeness (QED) is 0.679. The van der Waals surface area contributed by atoms with Crippen LogP contribution in [0.15, 0.2) is 36.5 Å². The summed E-state index contributed by atoms with van der Waals surface area (Å²) in [6.45, 7) is 1.76. The third-order valence-electron chi connectivity index (χ3n) is 2.77. The van der Waals surface area contributed by atoms with Gasteiger partial charge in [-0.15, -0.1) is 0 Å². The van der Waals surface area contributed by atoms with Crippen molar-refractivity contribution in [1.29, 1.82) is 0 Å². The topological polar surface area (TPSA) is 77.2 Å². The van der Waals surface area contributed by atoms with Crippen molar-refractivity contribution in [3.05, 3.63) is 57.9 Å². The number of hydrogen-bond donors (Lipinski definition) is 1. The Hall–Kier alpha value is -2.63. The van der Waals surface area contributed by atoms with E-state index in [2.05, 4.69) is 5.32 Å². The Labute approximate surface area is 109 Å². The van der Waals surface area contributed by atoms with Crippen LogP contribution in [0.5, 0.6) is 0 Å². The van der Waals surface area contributed by atoms with Gasteiger partial charge in [-0.3, -0.25) is 14.9 Å². The number of rotatable bonds is 3. The van der Waals surface area contributed by atoms with Crippen LogP contribution in [0, 0.1) is 17.0 Å². The Bertz CT molecular complexity index is 646. The molecule has 1 aromatic heterocycles. The lowest BCUT2D eigenvalue weighted by molar-refractivity contribution is -0.384.